The van der Waals surface area contributed by atoms with Crippen molar-refractivity contribution in [1.82, 2.24) is 0 Å². The third-order valence-electron chi connectivity index (χ3n) is 2.77. The Kier molecular flexibility index (Phi) is 8.30. The van der Waals surface area contributed by atoms with Gasteiger partial charge in [0, 0.05) is 44.2 Å². The van der Waals surface area contributed by atoms with Gasteiger partial charge < -0.3 is 11.5 Å². The number of anilines is 2. The molecule has 0 atom stereocenters. The fraction of sp³-hybridized carbons (Fsp3) is 0.250. The normalized spacial score (nSPS) is 10.7. The monoisotopic (exact) mass is 368 g/mol. The van der Waals surface area contributed by atoms with Crippen LogP contribution in [0.4, 0.5) is 11.4 Å². The van der Waals surface area contributed by atoms with Crippen LogP contribution >= 0.6 is 45.1 Å². The van der Waals surface area contributed by atoms with Crippen LogP contribution in [-0.4, -0.2) is 23.0 Å². The lowest BCUT2D eigenvalue weighted by Crippen LogP contribution is -1.90. The van der Waals surface area contributed by atoms with E-state index in [1.807, 2.05) is 81.5 Å². The predicted octanol–water partition coefficient (Wildman–Crippen LogP) is 5.12. The summed E-state index contributed by atoms with van der Waals surface area (Å²) in [5.74, 6) is 4.43. The highest BCUT2D eigenvalue weighted by atomic mass is 33.1. The van der Waals surface area contributed by atoms with Crippen LogP contribution in [0.15, 0.2) is 58.3 Å². The molecular weight excluding hydrogens is 348 g/mol. The Morgan fingerprint density at radius 3 is 1.41 bits per heavy atom. The number of benzene rings is 2. The molecule has 2 aromatic rings. The second-order valence-corrected chi connectivity index (χ2v) is 9.39. The van der Waals surface area contributed by atoms with Gasteiger partial charge in [-0.2, -0.15) is 0 Å². The van der Waals surface area contributed by atoms with Gasteiger partial charge in [0.2, 0.25) is 0 Å². The average Bonchev–Trinajstić information content (AvgIpc) is 2.53. The lowest BCUT2D eigenvalue weighted by atomic mass is 10.3. The molecule has 22 heavy (non-hydrogen) atoms. The molecule has 2 nitrogen and oxygen atoms in total. The van der Waals surface area contributed by atoms with E-state index in [2.05, 4.69) is 12.1 Å². The zero-order valence-electron chi connectivity index (χ0n) is 12.2. The van der Waals surface area contributed by atoms with Crippen LogP contribution < -0.4 is 11.5 Å². The summed E-state index contributed by atoms with van der Waals surface area (Å²) >= 11 is 3.66. The summed E-state index contributed by atoms with van der Waals surface area (Å²) in [7, 11) is 3.86. The van der Waals surface area contributed by atoms with E-state index in [4.69, 9.17) is 11.5 Å². The van der Waals surface area contributed by atoms with E-state index in [1.54, 1.807) is 0 Å². The van der Waals surface area contributed by atoms with Gasteiger partial charge in [0.15, 0.2) is 0 Å². The minimum Gasteiger partial charge on any atom is -0.398 e. The van der Waals surface area contributed by atoms with Gasteiger partial charge in [-0.05, 0) is 24.3 Å². The second-order valence-electron chi connectivity index (χ2n) is 4.42. The zero-order chi connectivity index (χ0) is 15.6. The number of rotatable bonds is 9. The van der Waals surface area contributed by atoms with E-state index in [1.165, 1.54) is 9.79 Å². The molecule has 0 saturated heterocycles. The molecule has 0 fully saturated rings. The quantitative estimate of drug-likeness (QED) is 0.277. The highest BCUT2D eigenvalue weighted by Crippen LogP contribution is 2.30. The summed E-state index contributed by atoms with van der Waals surface area (Å²) in [6, 6.07) is 16.1. The fourth-order valence-corrected chi connectivity index (χ4v) is 6.35. The third kappa shape index (κ3) is 6.28. The summed E-state index contributed by atoms with van der Waals surface area (Å²) in [6.45, 7) is 0. The Bertz CT molecular complexity index is 526. The Labute approximate surface area is 149 Å². The first-order chi connectivity index (χ1) is 10.8. The van der Waals surface area contributed by atoms with E-state index in [0.29, 0.717) is 0 Å². The topological polar surface area (TPSA) is 52.0 Å². The van der Waals surface area contributed by atoms with E-state index < -0.39 is 0 Å². The minimum absolute atomic E-state index is 0.877. The van der Waals surface area contributed by atoms with Crippen molar-refractivity contribution in [3.8, 4) is 0 Å². The molecule has 2 rings (SSSR count). The summed E-state index contributed by atoms with van der Waals surface area (Å²) in [4.78, 5) is 2.37. The zero-order valence-corrected chi connectivity index (χ0v) is 15.5. The standard InChI is InChI=1S/C16H20N2S4/c17-13-5-1-3-7-15(13)19-9-11-21-22-12-10-20-16-8-4-2-6-14(16)18/h1-8H,9-12,17-18H2. The number of nitrogens with two attached hydrogens (primary N) is 2. The van der Waals surface area contributed by atoms with Crippen molar-refractivity contribution in [3.63, 3.8) is 0 Å². The van der Waals surface area contributed by atoms with Gasteiger partial charge in [-0.1, -0.05) is 45.9 Å². The Hall–Kier alpha value is -0.560. The molecule has 0 amide bonds. The van der Waals surface area contributed by atoms with Crippen LogP contribution in [0.2, 0.25) is 0 Å². The molecule has 0 bridgehead atoms. The van der Waals surface area contributed by atoms with Crippen LogP contribution in [0.5, 0.6) is 0 Å². The third-order valence-corrected chi connectivity index (χ3v) is 7.88. The minimum atomic E-state index is 0.877. The molecule has 6 heteroatoms. The van der Waals surface area contributed by atoms with Crippen LogP contribution in [-0.2, 0) is 0 Å². The van der Waals surface area contributed by atoms with E-state index in [-0.39, 0.29) is 0 Å². The molecule has 0 aromatic heterocycles. The molecule has 0 radical (unpaired) electrons. The fourth-order valence-electron chi connectivity index (χ4n) is 1.71. The van der Waals surface area contributed by atoms with Crippen molar-refractivity contribution in [2.45, 2.75) is 9.79 Å². The SMILES string of the molecule is Nc1ccccc1SCCSSCCSc1ccccc1N. The summed E-state index contributed by atoms with van der Waals surface area (Å²) in [6.07, 6.45) is 0. The summed E-state index contributed by atoms with van der Waals surface area (Å²) in [5, 5.41) is 0. The molecule has 4 N–H and O–H groups in total. The van der Waals surface area contributed by atoms with Gasteiger partial charge in [-0.15, -0.1) is 23.5 Å². The van der Waals surface area contributed by atoms with Gasteiger partial charge in [-0.25, -0.2) is 0 Å². The Balaban J connectivity index is 1.51. The van der Waals surface area contributed by atoms with Crippen molar-refractivity contribution in [3.05, 3.63) is 48.5 Å². The Morgan fingerprint density at radius 1 is 0.591 bits per heavy atom. The molecule has 0 aliphatic carbocycles. The molecule has 118 valence electrons. The number of nitrogen functional groups attached to an aromatic ring is 2. The van der Waals surface area contributed by atoms with E-state index in [0.717, 1.165) is 34.4 Å². The molecular formula is C16H20N2S4. The van der Waals surface area contributed by atoms with Crippen molar-refractivity contribution < 1.29 is 0 Å². The van der Waals surface area contributed by atoms with Crippen molar-refractivity contribution >= 4 is 56.5 Å². The first-order valence-electron chi connectivity index (χ1n) is 6.96. The molecule has 0 aliphatic heterocycles. The van der Waals surface area contributed by atoms with Crippen molar-refractivity contribution in [1.29, 1.82) is 0 Å². The van der Waals surface area contributed by atoms with Gasteiger partial charge >= 0.3 is 0 Å². The largest absolute Gasteiger partial charge is 0.398 e. The van der Waals surface area contributed by atoms with Crippen LogP contribution in [0.3, 0.4) is 0 Å². The Morgan fingerprint density at radius 2 is 1.00 bits per heavy atom. The molecule has 0 saturated carbocycles. The summed E-state index contributed by atoms with van der Waals surface area (Å²) in [5.41, 5.74) is 13.6. The molecule has 2 aromatic carbocycles. The highest BCUT2D eigenvalue weighted by molar-refractivity contribution is 8.76. The first kappa shape index (κ1) is 17.8. The van der Waals surface area contributed by atoms with E-state index >= 15 is 0 Å². The predicted molar refractivity (Wildman–Crippen MR) is 108 cm³/mol. The molecule has 0 heterocycles. The van der Waals surface area contributed by atoms with Crippen molar-refractivity contribution in [2.75, 3.05) is 34.5 Å². The molecule has 0 unspecified atom stereocenters. The number of hydrogen-bond donors (Lipinski definition) is 2. The molecule has 0 aliphatic rings. The number of hydrogen-bond acceptors (Lipinski definition) is 6. The van der Waals surface area contributed by atoms with Crippen LogP contribution in [0.1, 0.15) is 0 Å². The molecule has 0 spiro atoms. The lowest BCUT2D eigenvalue weighted by Gasteiger charge is -2.05. The highest BCUT2D eigenvalue weighted by Gasteiger charge is 2.00. The first-order valence-corrected chi connectivity index (χ1v) is 11.4. The summed E-state index contributed by atoms with van der Waals surface area (Å²) < 4.78 is 0. The maximum Gasteiger partial charge on any atom is 0.0452 e. The average molecular weight is 369 g/mol. The number of para-hydroxylation sites is 2. The maximum absolute atomic E-state index is 5.92. The van der Waals surface area contributed by atoms with Gasteiger partial charge in [0.05, 0.1) is 0 Å². The van der Waals surface area contributed by atoms with Crippen molar-refractivity contribution in [2.24, 2.45) is 0 Å². The smallest absolute Gasteiger partial charge is 0.0452 e. The lowest BCUT2D eigenvalue weighted by molar-refractivity contribution is 1.44. The van der Waals surface area contributed by atoms with Gasteiger partial charge in [0.25, 0.3) is 0 Å². The van der Waals surface area contributed by atoms with Gasteiger partial charge in [0.1, 0.15) is 0 Å². The van der Waals surface area contributed by atoms with Crippen LogP contribution in [0.25, 0.3) is 0 Å². The van der Waals surface area contributed by atoms with Crippen LogP contribution in [0, 0.1) is 0 Å². The number of thioether (sulfide) groups is 2. The van der Waals surface area contributed by atoms with Gasteiger partial charge in [-0.3, -0.25) is 0 Å². The van der Waals surface area contributed by atoms with E-state index in [9.17, 15) is 0 Å². The maximum atomic E-state index is 5.92. The second kappa shape index (κ2) is 10.3.